The van der Waals surface area contributed by atoms with Gasteiger partial charge >= 0.3 is 11.9 Å². The first-order valence-corrected chi connectivity index (χ1v) is 10.6. The summed E-state index contributed by atoms with van der Waals surface area (Å²) >= 11 is 0. The maximum Gasteiger partial charge on any atom is 0.305 e. The van der Waals surface area contributed by atoms with Crippen molar-refractivity contribution < 1.29 is 19.1 Å². The second-order valence-corrected chi connectivity index (χ2v) is 7.00. The smallest absolute Gasteiger partial charge is 0.305 e. The average Bonchev–Trinajstić information content (AvgIpc) is 2.68. The molecule has 0 aliphatic rings. The van der Waals surface area contributed by atoms with Gasteiger partial charge in [0.25, 0.3) is 0 Å². The van der Waals surface area contributed by atoms with Crippen LogP contribution in [0.3, 0.4) is 0 Å². The van der Waals surface area contributed by atoms with Gasteiger partial charge < -0.3 is 9.47 Å². The van der Waals surface area contributed by atoms with E-state index < -0.39 is 0 Å². The molecule has 0 heterocycles. The van der Waals surface area contributed by atoms with Crippen molar-refractivity contribution in [3.05, 3.63) is 35.9 Å². The molecule has 1 aromatic carbocycles. The first-order valence-electron chi connectivity index (χ1n) is 10.6. The molecule has 0 fully saturated rings. The molecule has 0 N–H and O–H groups in total. The molecule has 0 saturated heterocycles. The zero-order valence-electron chi connectivity index (χ0n) is 16.9. The normalized spacial score (nSPS) is 10.6. The van der Waals surface area contributed by atoms with Crippen molar-refractivity contribution in [1.82, 2.24) is 0 Å². The number of benzene rings is 1. The summed E-state index contributed by atoms with van der Waals surface area (Å²) in [6.45, 7) is 3.17. The summed E-state index contributed by atoms with van der Waals surface area (Å²) in [7, 11) is 0. The molecule has 0 atom stereocenters. The Morgan fingerprint density at radius 2 is 1.26 bits per heavy atom. The molecule has 0 aliphatic carbocycles. The van der Waals surface area contributed by atoms with Gasteiger partial charge in [-0.05, 0) is 24.8 Å². The van der Waals surface area contributed by atoms with E-state index in [-0.39, 0.29) is 11.9 Å². The van der Waals surface area contributed by atoms with Crippen LogP contribution >= 0.6 is 0 Å². The highest BCUT2D eigenvalue weighted by Gasteiger charge is 2.05. The van der Waals surface area contributed by atoms with E-state index in [1.165, 1.54) is 31.2 Å². The number of hydrogen-bond donors (Lipinski definition) is 0. The molecule has 27 heavy (non-hydrogen) atoms. The van der Waals surface area contributed by atoms with Gasteiger partial charge in [0, 0.05) is 19.3 Å². The molecule has 0 saturated carbocycles. The van der Waals surface area contributed by atoms with Crippen LogP contribution in [-0.4, -0.2) is 25.2 Å². The number of esters is 2. The van der Waals surface area contributed by atoms with E-state index in [0.717, 1.165) is 38.5 Å². The first kappa shape index (κ1) is 23.2. The van der Waals surface area contributed by atoms with Crippen molar-refractivity contribution in [3.8, 4) is 0 Å². The van der Waals surface area contributed by atoms with Gasteiger partial charge in [-0.25, -0.2) is 0 Å². The van der Waals surface area contributed by atoms with Gasteiger partial charge in [-0.15, -0.1) is 0 Å². The number of hydrogen-bond acceptors (Lipinski definition) is 4. The molecule has 0 unspecified atom stereocenters. The molecule has 4 heteroatoms. The summed E-state index contributed by atoms with van der Waals surface area (Å²) in [5, 5.41) is 0. The third-order valence-corrected chi connectivity index (χ3v) is 4.52. The minimum atomic E-state index is -0.156. The van der Waals surface area contributed by atoms with Gasteiger partial charge in [-0.2, -0.15) is 0 Å². The van der Waals surface area contributed by atoms with E-state index in [0.29, 0.717) is 26.1 Å². The highest BCUT2D eigenvalue weighted by atomic mass is 16.5. The van der Waals surface area contributed by atoms with Crippen molar-refractivity contribution in [2.45, 2.75) is 84.0 Å². The van der Waals surface area contributed by atoms with Crippen LogP contribution < -0.4 is 0 Å². The minimum absolute atomic E-state index is 0.117. The molecule has 1 rings (SSSR count). The second kappa shape index (κ2) is 16.3. The lowest BCUT2D eigenvalue weighted by Crippen LogP contribution is -2.08. The maximum absolute atomic E-state index is 11.7. The van der Waals surface area contributed by atoms with Gasteiger partial charge in [0.05, 0.1) is 13.2 Å². The Kier molecular flexibility index (Phi) is 14.0. The number of carbonyl (C=O) groups excluding carboxylic acids is 2. The summed E-state index contributed by atoms with van der Waals surface area (Å²) in [6.07, 6.45) is 11.1. The first-order chi connectivity index (χ1) is 13.2. The van der Waals surface area contributed by atoms with E-state index in [2.05, 4.69) is 6.92 Å². The van der Waals surface area contributed by atoms with Crippen molar-refractivity contribution in [1.29, 1.82) is 0 Å². The van der Waals surface area contributed by atoms with Crippen LogP contribution in [0.1, 0.15) is 83.1 Å². The van der Waals surface area contributed by atoms with Gasteiger partial charge in [-0.3, -0.25) is 9.59 Å². The van der Waals surface area contributed by atoms with Crippen molar-refractivity contribution in [2.24, 2.45) is 0 Å². The molecule has 0 amide bonds. The monoisotopic (exact) mass is 376 g/mol. The molecular formula is C23H36O4. The lowest BCUT2D eigenvalue weighted by molar-refractivity contribution is -0.144. The van der Waals surface area contributed by atoms with Crippen LogP contribution in [0.15, 0.2) is 30.3 Å². The van der Waals surface area contributed by atoms with E-state index in [9.17, 15) is 9.59 Å². The number of rotatable bonds is 16. The Labute approximate surface area is 164 Å². The fourth-order valence-corrected chi connectivity index (χ4v) is 2.86. The molecule has 0 radical (unpaired) electrons. The van der Waals surface area contributed by atoms with Crippen LogP contribution in [0, 0.1) is 0 Å². The van der Waals surface area contributed by atoms with Gasteiger partial charge in [0.2, 0.25) is 0 Å². The van der Waals surface area contributed by atoms with E-state index in [4.69, 9.17) is 9.47 Å². The number of unbranched alkanes of at least 4 members (excludes halogenated alkanes) is 7. The molecule has 152 valence electrons. The Morgan fingerprint density at radius 1 is 0.704 bits per heavy atom. The Bertz CT molecular complexity index is 498. The molecule has 4 nitrogen and oxygen atoms in total. The zero-order valence-corrected chi connectivity index (χ0v) is 16.9. The van der Waals surface area contributed by atoms with Gasteiger partial charge in [0.15, 0.2) is 0 Å². The highest BCUT2D eigenvalue weighted by molar-refractivity contribution is 5.69. The molecule has 0 aliphatic heterocycles. The van der Waals surface area contributed by atoms with Crippen molar-refractivity contribution in [2.75, 3.05) is 13.2 Å². The SMILES string of the molecule is CCCCCCCCOC(=O)CCCCCC(=O)OCCc1ccccc1. The quantitative estimate of drug-likeness (QED) is 0.277. The molecule has 1 aromatic rings. The maximum atomic E-state index is 11.7. The summed E-state index contributed by atoms with van der Waals surface area (Å²) in [5.74, 6) is -0.273. The molecule has 0 aromatic heterocycles. The third-order valence-electron chi connectivity index (χ3n) is 4.52. The fraction of sp³-hybridized carbons (Fsp3) is 0.652. The van der Waals surface area contributed by atoms with Gasteiger partial charge in [0.1, 0.15) is 0 Å². The average molecular weight is 377 g/mol. The summed E-state index contributed by atoms with van der Waals surface area (Å²) in [4.78, 5) is 23.3. The molecule has 0 spiro atoms. The number of ether oxygens (including phenoxy) is 2. The predicted octanol–water partition coefficient (Wildman–Crippen LogP) is 5.63. The van der Waals surface area contributed by atoms with E-state index in [1.54, 1.807) is 0 Å². The highest BCUT2D eigenvalue weighted by Crippen LogP contribution is 2.08. The largest absolute Gasteiger partial charge is 0.466 e. The topological polar surface area (TPSA) is 52.6 Å². The summed E-state index contributed by atoms with van der Waals surface area (Å²) < 4.78 is 10.5. The van der Waals surface area contributed by atoms with Crippen LogP contribution in [0.5, 0.6) is 0 Å². The lowest BCUT2D eigenvalue weighted by Gasteiger charge is -2.06. The van der Waals surface area contributed by atoms with Crippen molar-refractivity contribution in [3.63, 3.8) is 0 Å². The standard InChI is InChI=1S/C23H36O4/c1-2-3-4-5-6-13-19-26-22(24)16-11-8-12-17-23(25)27-20-18-21-14-9-7-10-15-21/h7,9-10,14-15H,2-6,8,11-13,16-20H2,1H3. The van der Waals surface area contributed by atoms with Gasteiger partial charge in [-0.1, -0.05) is 75.8 Å². The Morgan fingerprint density at radius 3 is 1.93 bits per heavy atom. The summed E-state index contributed by atoms with van der Waals surface area (Å²) in [6, 6.07) is 9.99. The van der Waals surface area contributed by atoms with E-state index >= 15 is 0 Å². The van der Waals surface area contributed by atoms with Crippen LogP contribution in [-0.2, 0) is 25.5 Å². The fourth-order valence-electron chi connectivity index (χ4n) is 2.86. The second-order valence-electron chi connectivity index (χ2n) is 7.00. The van der Waals surface area contributed by atoms with E-state index in [1.807, 2.05) is 30.3 Å². The third kappa shape index (κ3) is 14.0. The lowest BCUT2D eigenvalue weighted by atomic mass is 10.1. The minimum Gasteiger partial charge on any atom is -0.466 e. The van der Waals surface area contributed by atoms with Crippen molar-refractivity contribution >= 4 is 11.9 Å². The molecule has 0 bridgehead atoms. The molecular weight excluding hydrogens is 340 g/mol. The van der Waals surface area contributed by atoms with Crippen LogP contribution in [0.4, 0.5) is 0 Å². The summed E-state index contributed by atoms with van der Waals surface area (Å²) in [5.41, 5.74) is 1.17. The Balaban J connectivity index is 1.88. The number of carbonyl (C=O) groups is 2. The van der Waals surface area contributed by atoms with Crippen LogP contribution in [0.25, 0.3) is 0 Å². The van der Waals surface area contributed by atoms with Crippen LogP contribution in [0.2, 0.25) is 0 Å². The predicted molar refractivity (Wildman–Crippen MR) is 109 cm³/mol. The zero-order chi connectivity index (χ0) is 19.6. The Hall–Kier alpha value is -1.84.